The van der Waals surface area contributed by atoms with Crippen LogP contribution in [-0.4, -0.2) is 36.3 Å². The van der Waals surface area contributed by atoms with E-state index in [9.17, 15) is 19.2 Å². The van der Waals surface area contributed by atoms with Crippen LogP contribution in [0.25, 0.3) is 0 Å². The molecule has 0 radical (unpaired) electrons. The third-order valence-corrected chi connectivity index (χ3v) is 5.20. The van der Waals surface area contributed by atoms with Gasteiger partial charge in [-0.3, -0.25) is 14.4 Å². The number of fused-ring (bicyclic) bond motifs is 1. The van der Waals surface area contributed by atoms with Gasteiger partial charge in [0.15, 0.2) is 6.61 Å². The summed E-state index contributed by atoms with van der Waals surface area (Å²) in [5, 5.41) is 2.75. The van der Waals surface area contributed by atoms with Crippen LogP contribution >= 0.6 is 0 Å². The minimum atomic E-state index is -0.736. The minimum Gasteiger partial charge on any atom is -0.452 e. The molecule has 2 aromatic rings. The molecule has 30 heavy (non-hydrogen) atoms. The fourth-order valence-corrected chi connectivity index (χ4v) is 3.08. The van der Waals surface area contributed by atoms with E-state index in [4.69, 9.17) is 4.74 Å². The first-order valence-electron chi connectivity index (χ1n) is 9.75. The molecule has 1 unspecified atom stereocenters. The molecule has 1 heterocycles. The third kappa shape index (κ3) is 4.10. The molecule has 0 spiro atoms. The second kappa shape index (κ2) is 8.49. The van der Waals surface area contributed by atoms with Crippen molar-refractivity contribution >= 4 is 29.4 Å². The number of amides is 3. The molecule has 1 N–H and O–H groups in total. The van der Waals surface area contributed by atoms with Crippen LogP contribution in [0.3, 0.4) is 0 Å². The summed E-state index contributed by atoms with van der Waals surface area (Å²) in [7, 11) is 0. The van der Waals surface area contributed by atoms with E-state index < -0.39 is 30.3 Å². The number of nitrogens with zero attached hydrogens (tertiary/aromatic N) is 1. The van der Waals surface area contributed by atoms with Crippen molar-refractivity contribution in [1.29, 1.82) is 0 Å². The third-order valence-electron chi connectivity index (χ3n) is 5.20. The summed E-state index contributed by atoms with van der Waals surface area (Å²) >= 11 is 0. The number of benzene rings is 2. The molecular formula is C23H24N2O5. The Labute approximate surface area is 175 Å². The van der Waals surface area contributed by atoms with Gasteiger partial charge in [-0.1, -0.05) is 32.0 Å². The average Bonchev–Trinajstić information content (AvgIpc) is 2.96. The summed E-state index contributed by atoms with van der Waals surface area (Å²) in [5.41, 5.74) is 1.75. The number of imide groups is 1. The Morgan fingerprint density at radius 2 is 1.67 bits per heavy atom. The van der Waals surface area contributed by atoms with E-state index >= 15 is 0 Å². The predicted molar refractivity (Wildman–Crippen MR) is 111 cm³/mol. The van der Waals surface area contributed by atoms with Crippen molar-refractivity contribution in [3.05, 3.63) is 64.7 Å². The highest BCUT2D eigenvalue weighted by atomic mass is 16.5. The number of carbonyl (C=O) groups is 4. The number of rotatable bonds is 6. The molecule has 3 rings (SSSR count). The van der Waals surface area contributed by atoms with Gasteiger partial charge in [0.1, 0.15) is 0 Å². The lowest BCUT2D eigenvalue weighted by Crippen LogP contribution is -2.38. The molecule has 0 aliphatic carbocycles. The van der Waals surface area contributed by atoms with Crippen LogP contribution in [0.5, 0.6) is 0 Å². The number of para-hydroxylation sites is 1. The highest BCUT2D eigenvalue weighted by Gasteiger charge is 2.37. The van der Waals surface area contributed by atoms with E-state index in [1.807, 2.05) is 39.8 Å². The summed E-state index contributed by atoms with van der Waals surface area (Å²) in [6.07, 6.45) is 0. The highest BCUT2D eigenvalue weighted by Crippen LogP contribution is 2.31. The number of carbonyl (C=O) groups excluding carboxylic acids is 4. The molecule has 7 nitrogen and oxygen atoms in total. The lowest BCUT2D eigenvalue weighted by atomic mass is 10.1. The lowest BCUT2D eigenvalue weighted by Gasteiger charge is -2.17. The number of aryl methyl sites for hydroxylation is 1. The van der Waals surface area contributed by atoms with E-state index in [1.54, 1.807) is 12.1 Å². The average molecular weight is 408 g/mol. The second-order valence-corrected chi connectivity index (χ2v) is 7.67. The Bertz CT molecular complexity index is 1030. The zero-order valence-electron chi connectivity index (χ0n) is 17.4. The molecule has 1 atom stereocenters. The van der Waals surface area contributed by atoms with Gasteiger partial charge in [-0.15, -0.1) is 0 Å². The molecule has 156 valence electrons. The maximum Gasteiger partial charge on any atom is 0.338 e. The van der Waals surface area contributed by atoms with Crippen molar-refractivity contribution < 1.29 is 23.9 Å². The lowest BCUT2D eigenvalue weighted by molar-refractivity contribution is -0.125. The Morgan fingerprint density at radius 1 is 1.00 bits per heavy atom. The molecule has 7 heteroatoms. The topological polar surface area (TPSA) is 92.8 Å². The van der Waals surface area contributed by atoms with Crippen molar-refractivity contribution in [3.8, 4) is 0 Å². The maximum atomic E-state index is 12.9. The van der Waals surface area contributed by atoms with Crippen LogP contribution in [0.15, 0.2) is 42.5 Å². The van der Waals surface area contributed by atoms with Crippen LogP contribution in [0.2, 0.25) is 0 Å². The van der Waals surface area contributed by atoms with Gasteiger partial charge in [-0.05, 0) is 49.6 Å². The van der Waals surface area contributed by atoms with Crippen molar-refractivity contribution in [2.24, 2.45) is 5.92 Å². The Balaban J connectivity index is 1.74. The number of hydrogen-bond donors (Lipinski definition) is 1. The number of nitrogens with one attached hydrogen (secondary N) is 1. The van der Waals surface area contributed by atoms with E-state index in [-0.39, 0.29) is 28.7 Å². The molecule has 0 fully saturated rings. The molecule has 0 aromatic heterocycles. The molecule has 1 aliphatic rings. The van der Waals surface area contributed by atoms with Crippen LogP contribution in [0.4, 0.5) is 5.69 Å². The highest BCUT2D eigenvalue weighted by molar-refractivity contribution is 6.34. The summed E-state index contributed by atoms with van der Waals surface area (Å²) < 4.78 is 5.06. The van der Waals surface area contributed by atoms with Crippen LogP contribution < -0.4 is 10.2 Å². The monoisotopic (exact) mass is 408 g/mol. The Kier molecular flexibility index (Phi) is 6.01. The first-order chi connectivity index (χ1) is 14.2. The zero-order valence-corrected chi connectivity index (χ0v) is 17.4. The van der Waals surface area contributed by atoms with Gasteiger partial charge in [0, 0.05) is 6.04 Å². The minimum absolute atomic E-state index is 0.0488. The zero-order chi connectivity index (χ0) is 22.0. The summed E-state index contributed by atoms with van der Waals surface area (Å²) in [4.78, 5) is 51.0. The predicted octanol–water partition coefficient (Wildman–Crippen LogP) is 3.11. The van der Waals surface area contributed by atoms with Crippen molar-refractivity contribution in [1.82, 2.24) is 5.32 Å². The first-order valence-corrected chi connectivity index (χ1v) is 9.75. The largest absolute Gasteiger partial charge is 0.452 e. The van der Waals surface area contributed by atoms with Gasteiger partial charge >= 0.3 is 5.97 Å². The van der Waals surface area contributed by atoms with Crippen LogP contribution in [-0.2, 0) is 9.53 Å². The van der Waals surface area contributed by atoms with Crippen molar-refractivity contribution in [3.63, 3.8) is 0 Å². The molecule has 1 aliphatic heterocycles. The quantitative estimate of drug-likeness (QED) is 0.586. The molecule has 2 aromatic carbocycles. The van der Waals surface area contributed by atoms with Crippen molar-refractivity contribution in [2.75, 3.05) is 11.5 Å². The van der Waals surface area contributed by atoms with Gasteiger partial charge in [0.25, 0.3) is 17.7 Å². The Hall–Kier alpha value is -3.48. The van der Waals surface area contributed by atoms with Gasteiger partial charge in [0.2, 0.25) is 0 Å². The van der Waals surface area contributed by atoms with E-state index in [1.165, 1.54) is 18.2 Å². The number of anilines is 1. The molecule has 0 saturated carbocycles. The molecule has 0 bridgehead atoms. The van der Waals surface area contributed by atoms with E-state index in [0.29, 0.717) is 5.69 Å². The van der Waals surface area contributed by atoms with Gasteiger partial charge in [-0.2, -0.15) is 0 Å². The SMILES string of the molecule is Cc1ccccc1N1C(=O)c2ccc(C(=O)OCC(=O)NC(C)C(C)C)cc2C1=O. The summed E-state index contributed by atoms with van der Waals surface area (Å²) in [5.74, 6) is -1.82. The second-order valence-electron chi connectivity index (χ2n) is 7.67. The number of esters is 1. The number of hydrogen-bond acceptors (Lipinski definition) is 5. The fraction of sp³-hybridized carbons (Fsp3) is 0.304. The van der Waals surface area contributed by atoms with Crippen molar-refractivity contribution in [2.45, 2.75) is 33.7 Å². The normalized spacial score (nSPS) is 14.0. The Morgan fingerprint density at radius 3 is 2.33 bits per heavy atom. The summed E-state index contributed by atoms with van der Waals surface area (Å²) in [6.45, 7) is 7.20. The smallest absolute Gasteiger partial charge is 0.338 e. The maximum absolute atomic E-state index is 12.9. The molecule has 3 amide bonds. The molecule has 0 saturated heterocycles. The summed E-state index contributed by atoms with van der Waals surface area (Å²) in [6, 6.07) is 11.2. The molecular weight excluding hydrogens is 384 g/mol. The standard InChI is InChI=1S/C23H24N2O5/c1-13(2)15(4)24-20(26)12-30-23(29)16-9-10-17-18(11-16)22(28)25(21(17)27)19-8-6-5-7-14(19)3/h5-11,13,15H,12H2,1-4H3,(H,24,26). The van der Waals surface area contributed by atoms with Crippen LogP contribution in [0, 0.1) is 12.8 Å². The number of ether oxygens (including phenoxy) is 1. The fourth-order valence-electron chi connectivity index (χ4n) is 3.08. The van der Waals surface area contributed by atoms with E-state index in [2.05, 4.69) is 5.32 Å². The first kappa shape index (κ1) is 21.2. The van der Waals surface area contributed by atoms with Gasteiger partial charge < -0.3 is 10.1 Å². The van der Waals surface area contributed by atoms with Gasteiger partial charge in [0.05, 0.1) is 22.4 Å². The van der Waals surface area contributed by atoms with E-state index in [0.717, 1.165) is 10.5 Å². The van der Waals surface area contributed by atoms with Crippen LogP contribution in [0.1, 0.15) is 57.4 Å². The van der Waals surface area contributed by atoms with Gasteiger partial charge in [-0.25, -0.2) is 9.69 Å².